The Kier molecular flexibility index (Phi) is 13.0. The molecule has 0 spiro atoms. The van der Waals surface area contributed by atoms with Gasteiger partial charge in [-0.25, -0.2) is 0 Å². The van der Waals surface area contributed by atoms with Crippen molar-refractivity contribution in [3.63, 3.8) is 0 Å². The molecule has 0 heterocycles. The van der Waals surface area contributed by atoms with E-state index in [9.17, 15) is 9.59 Å². The van der Waals surface area contributed by atoms with E-state index in [2.05, 4.69) is 24.5 Å². The van der Waals surface area contributed by atoms with Crippen LogP contribution in [0.1, 0.15) is 26.7 Å². The van der Waals surface area contributed by atoms with Gasteiger partial charge in [-0.05, 0) is 37.1 Å². The van der Waals surface area contributed by atoms with E-state index in [1.165, 1.54) is 0 Å². The van der Waals surface area contributed by atoms with E-state index in [0.29, 0.717) is 0 Å². The first-order valence-electron chi connectivity index (χ1n) is 8.34. The molecule has 0 saturated carbocycles. The van der Waals surface area contributed by atoms with Crippen molar-refractivity contribution < 1.29 is 26.1 Å². The Morgan fingerprint density at radius 1 is 0.720 bits per heavy atom. The monoisotopic (exact) mass is 384 g/mol. The summed E-state index contributed by atoms with van der Waals surface area (Å²) in [6.07, 6.45) is 19.7. The number of carbonyl (C=O) groups is 2. The van der Waals surface area contributed by atoms with Crippen LogP contribution in [0.5, 0.6) is 0 Å². The van der Waals surface area contributed by atoms with Crippen LogP contribution in [-0.2, 0) is 26.1 Å². The Labute approximate surface area is 160 Å². The number of ketones is 2. The minimum atomic E-state index is 0. The summed E-state index contributed by atoms with van der Waals surface area (Å²) < 4.78 is 0. The summed E-state index contributed by atoms with van der Waals surface area (Å²) in [6.45, 7) is 6.00. The van der Waals surface area contributed by atoms with E-state index < -0.39 is 0 Å². The third-order valence-electron chi connectivity index (χ3n) is 3.14. The predicted molar refractivity (Wildman–Crippen MR) is 99.3 cm³/mol. The van der Waals surface area contributed by atoms with E-state index in [1.807, 2.05) is 24.3 Å². The van der Waals surface area contributed by atoms with Crippen LogP contribution < -0.4 is 10.6 Å². The van der Waals surface area contributed by atoms with Crippen LogP contribution in [0.25, 0.3) is 0 Å². The second kappa shape index (κ2) is 14.2. The van der Waals surface area contributed by atoms with E-state index in [-0.39, 0.29) is 28.1 Å². The maximum absolute atomic E-state index is 11.1. The van der Waals surface area contributed by atoms with Crippen LogP contribution in [0.4, 0.5) is 0 Å². The Hall–Kier alpha value is -2.13. The molecule has 0 aromatic carbocycles. The molecule has 0 aromatic rings. The van der Waals surface area contributed by atoms with E-state index in [0.717, 1.165) is 37.1 Å². The summed E-state index contributed by atoms with van der Waals surface area (Å²) in [4.78, 5) is 22.3. The van der Waals surface area contributed by atoms with Crippen LogP contribution in [0.15, 0.2) is 72.2 Å². The molecule has 25 heavy (non-hydrogen) atoms. The fourth-order valence-electron chi connectivity index (χ4n) is 1.85. The molecular weight excluding hydrogens is 359 g/mol. The first-order chi connectivity index (χ1) is 11.7. The molecule has 2 aliphatic rings. The fourth-order valence-corrected chi connectivity index (χ4v) is 1.85. The standard InChI is InChI=1S/2C10H13NO.Ni/c2*1-2-7-11-8-9-5-3-4-6-10(9)12;/h2*3-6,8,11H,2,7H2,1H3;. The van der Waals surface area contributed by atoms with Gasteiger partial charge in [-0.2, -0.15) is 0 Å². The van der Waals surface area contributed by atoms with Crippen LogP contribution >= 0.6 is 0 Å². The molecule has 0 aliphatic heterocycles. The van der Waals surface area contributed by atoms with Crippen molar-refractivity contribution in [2.75, 3.05) is 13.1 Å². The van der Waals surface area contributed by atoms with Gasteiger partial charge in [0.1, 0.15) is 0 Å². The third-order valence-corrected chi connectivity index (χ3v) is 3.14. The molecule has 2 rings (SSSR count). The molecule has 0 fully saturated rings. The average Bonchev–Trinajstić information content (AvgIpc) is 2.59. The SMILES string of the molecule is CCCNC=C1C=CC=CC1=O.CCCNC=C1C=CC=CC1=O.[Ni]. The molecule has 0 aromatic heterocycles. The number of rotatable bonds is 6. The third kappa shape index (κ3) is 9.68. The number of carbonyl (C=O) groups excluding carboxylic acids is 2. The van der Waals surface area contributed by atoms with Crippen LogP contribution in [-0.4, -0.2) is 24.7 Å². The minimum Gasteiger partial charge on any atom is -0.390 e. The molecule has 0 saturated heterocycles. The van der Waals surface area contributed by atoms with Gasteiger partial charge in [0.05, 0.1) is 0 Å². The number of hydrogen-bond donors (Lipinski definition) is 2. The molecule has 0 amide bonds. The summed E-state index contributed by atoms with van der Waals surface area (Å²) >= 11 is 0. The average molecular weight is 385 g/mol. The quantitative estimate of drug-likeness (QED) is 0.419. The fraction of sp³-hybridized carbons (Fsp3) is 0.300. The smallest absolute Gasteiger partial charge is 0.187 e. The normalized spacial score (nSPS) is 18.0. The minimum absolute atomic E-state index is 0. The van der Waals surface area contributed by atoms with Gasteiger partial charge < -0.3 is 10.6 Å². The molecule has 2 N–H and O–H groups in total. The summed E-state index contributed by atoms with van der Waals surface area (Å²) in [5.74, 6) is 0.141. The van der Waals surface area contributed by atoms with Crippen molar-refractivity contribution in [3.05, 3.63) is 72.2 Å². The first kappa shape index (κ1) is 22.9. The van der Waals surface area contributed by atoms with Crippen molar-refractivity contribution in [1.82, 2.24) is 10.6 Å². The Morgan fingerprint density at radius 2 is 1.08 bits per heavy atom. The largest absolute Gasteiger partial charge is 0.390 e. The van der Waals surface area contributed by atoms with E-state index >= 15 is 0 Å². The zero-order valence-corrected chi connectivity index (χ0v) is 15.7. The summed E-state index contributed by atoms with van der Waals surface area (Å²) in [5, 5.41) is 6.13. The second-order valence-electron chi connectivity index (χ2n) is 5.27. The van der Waals surface area contributed by atoms with Gasteiger partial charge in [0, 0.05) is 53.1 Å². The van der Waals surface area contributed by atoms with Gasteiger partial charge in [-0.1, -0.05) is 38.2 Å². The molecular formula is C20H26N2NiO2. The zero-order chi connectivity index (χ0) is 17.6. The number of nitrogens with one attached hydrogen (secondary N) is 2. The Morgan fingerprint density at radius 3 is 1.40 bits per heavy atom. The predicted octanol–water partition coefficient (Wildman–Crippen LogP) is 3.13. The number of hydrogen-bond acceptors (Lipinski definition) is 4. The first-order valence-corrected chi connectivity index (χ1v) is 8.34. The zero-order valence-electron chi connectivity index (χ0n) is 14.7. The molecule has 0 radical (unpaired) electrons. The molecule has 138 valence electrons. The topological polar surface area (TPSA) is 58.2 Å². The van der Waals surface area contributed by atoms with Gasteiger partial charge in [0.2, 0.25) is 0 Å². The molecule has 4 nitrogen and oxygen atoms in total. The Balaban J connectivity index is 0.000000443. The van der Waals surface area contributed by atoms with Crippen molar-refractivity contribution in [1.29, 1.82) is 0 Å². The maximum Gasteiger partial charge on any atom is 0.187 e. The van der Waals surface area contributed by atoms with Gasteiger partial charge in [0.25, 0.3) is 0 Å². The molecule has 0 atom stereocenters. The number of allylic oxidation sites excluding steroid dienone is 10. The molecule has 2 aliphatic carbocycles. The van der Waals surface area contributed by atoms with Gasteiger partial charge >= 0.3 is 0 Å². The van der Waals surface area contributed by atoms with Crippen molar-refractivity contribution in [3.8, 4) is 0 Å². The Bertz CT molecular complexity index is 557. The van der Waals surface area contributed by atoms with E-state index in [4.69, 9.17) is 0 Å². The summed E-state index contributed by atoms with van der Waals surface area (Å²) in [7, 11) is 0. The van der Waals surface area contributed by atoms with Crippen LogP contribution in [0.3, 0.4) is 0 Å². The summed E-state index contributed by atoms with van der Waals surface area (Å²) in [5.41, 5.74) is 1.46. The molecule has 5 heteroatoms. The van der Waals surface area contributed by atoms with E-state index in [1.54, 1.807) is 36.7 Å². The van der Waals surface area contributed by atoms with Crippen LogP contribution in [0, 0.1) is 0 Å². The summed E-state index contributed by atoms with van der Waals surface area (Å²) in [6, 6.07) is 0. The van der Waals surface area contributed by atoms with Gasteiger partial charge in [0.15, 0.2) is 11.6 Å². The second-order valence-corrected chi connectivity index (χ2v) is 5.27. The van der Waals surface area contributed by atoms with Crippen molar-refractivity contribution in [2.45, 2.75) is 26.7 Å². The van der Waals surface area contributed by atoms with Gasteiger partial charge in [-0.15, -0.1) is 0 Å². The van der Waals surface area contributed by atoms with Crippen molar-refractivity contribution >= 4 is 11.6 Å². The van der Waals surface area contributed by atoms with Crippen molar-refractivity contribution in [2.24, 2.45) is 0 Å². The van der Waals surface area contributed by atoms with Gasteiger partial charge in [-0.3, -0.25) is 9.59 Å². The molecule has 0 bridgehead atoms. The maximum atomic E-state index is 11.1. The van der Waals surface area contributed by atoms with Crippen LogP contribution in [0.2, 0.25) is 0 Å². The molecule has 0 unspecified atom stereocenters.